The molecule has 2 aromatic rings. The van der Waals surface area contributed by atoms with E-state index in [-0.39, 0.29) is 23.4 Å². The Labute approximate surface area is 196 Å². The van der Waals surface area contributed by atoms with Crippen molar-refractivity contribution < 1.29 is 9.53 Å². The van der Waals surface area contributed by atoms with Crippen molar-refractivity contribution >= 4 is 11.4 Å². The molecule has 2 N–H and O–H groups in total. The monoisotopic (exact) mass is 446 g/mol. The second-order valence-electron chi connectivity index (χ2n) is 10.2. The number of H-pyrrole nitrogens is 1. The van der Waals surface area contributed by atoms with Crippen LogP contribution in [0.25, 0.3) is 5.57 Å². The number of nitrogens with zero attached hydrogens (tertiary/aromatic N) is 2. The fourth-order valence-corrected chi connectivity index (χ4v) is 5.13. The number of ketones is 1. The van der Waals surface area contributed by atoms with Crippen LogP contribution in [0.3, 0.4) is 0 Å². The van der Waals surface area contributed by atoms with Crippen LogP contribution in [0.5, 0.6) is 0 Å². The average Bonchev–Trinajstić information content (AvgIpc) is 3.30. The lowest BCUT2D eigenvalue weighted by Crippen LogP contribution is -2.41. The predicted molar refractivity (Wildman–Crippen MR) is 129 cm³/mol. The molecule has 0 spiro atoms. The van der Waals surface area contributed by atoms with E-state index in [1.807, 2.05) is 13.1 Å². The van der Waals surface area contributed by atoms with E-state index in [4.69, 9.17) is 10.00 Å². The van der Waals surface area contributed by atoms with E-state index in [9.17, 15) is 4.79 Å². The van der Waals surface area contributed by atoms with Gasteiger partial charge < -0.3 is 15.0 Å². The summed E-state index contributed by atoms with van der Waals surface area (Å²) in [6.07, 6.45) is 9.20. The van der Waals surface area contributed by atoms with Gasteiger partial charge in [-0.15, -0.1) is 0 Å². The van der Waals surface area contributed by atoms with Gasteiger partial charge in [0, 0.05) is 31.6 Å². The van der Waals surface area contributed by atoms with E-state index in [0.717, 1.165) is 57.4 Å². The highest BCUT2D eigenvalue weighted by atomic mass is 16.5. The van der Waals surface area contributed by atoms with Crippen LogP contribution in [0.4, 0.5) is 0 Å². The molecule has 1 saturated heterocycles. The zero-order valence-corrected chi connectivity index (χ0v) is 20.0. The van der Waals surface area contributed by atoms with Gasteiger partial charge in [0.2, 0.25) is 5.78 Å². The van der Waals surface area contributed by atoms with Crippen LogP contribution in [-0.4, -0.2) is 42.6 Å². The number of allylic oxidation sites excluding steroid dienone is 2. The summed E-state index contributed by atoms with van der Waals surface area (Å²) in [5.74, 6) is 0.148. The Kier molecular flexibility index (Phi) is 6.83. The lowest BCUT2D eigenvalue weighted by atomic mass is 9.71. The van der Waals surface area contributed by atoms with E-state index in [0.29, 0.717) is 11.1 Å². The van der Waals surface area contributed by atoms with Gasteiger partial charge in [-0.1, -0.05) is 38.1 Å². The number of carbonyl (C=O) groups is 1. The number of ether oxygens (including phenoxy) is 1. The summed E-state index contributed by atoms with van der Waals surface area (Å²) in [6.45, 7) is 7.08. The van der Waals surface area contributed by atoms with Crippen molar-refractivity contribution in [2.75, 3.05) is 26.8 Å². The van der Waals surface area contributed by atoms with Crippen LogP contribution in [0.2, 0.25) is 0 Å². The summed E-state index contributed by atoms with van der Waals surface area (Å²) in [5, 5.41) is 12.4. The molecule has 6 heteroatoms. The number of hydrogen-bond acceptors (Lipinski definition) is 5. The molecule has 1 aromatic carbocycles. The van der Waals surface area contributed by atoms with Crippen molar-refractivity contribution in [3.63, 3.8) is 0 Å². The maximum absolute atomic E-state index is 13.0. The number of nitrogens with one attached hydrogen (secondary N) is 2. The Morgan fingerprint density at radius 1 is 1.27 bits per heavy atom. The highest BCUT2D eigenvalue weighted by Crippen LogP contribution is 2.41. The summed E-state index contributed by atoms with van der Waals surface area (Å²) >= 11 is 0. The molecule has 1 aliphatic heterocycles. The summed E-state index contributed by atoms with van der Waals surface area (Å²) in [4.78, 5) is 19.9. The fourth-order valence-electron chi connectivity index (χ4n) is 5.13. The van der Waals surface area contributed by atoms with Crippen molar-refractivity contribution in [2.24, 2.45) is 5.41 Å². The van der Waals surface area contributed by atoms with Gasteiger partial charge in [-0.3, -0.25) is 4.79 Å². The summed E-state index contributed by atoms with van der Waals surface area (Å²) in [7, 11) is 2.01. The van der Waals surface area contributed by atoms with Crippen LogP contribution in [0.15, 0.2) is 30.5 Å². The molecule has 0 radical (unpaired) electrons. The summed E-state index contributed by atoms with van der Waals surface area (Å²) in [5.41, 5.74) is 5.53. The van der Waals surface area contributed by atoms with Crippen molar-refractivity contribution in [2.45, 2.75) is 57.8 Å². The van der Waals surface area contributed by atoms with Gasteiger partial charge in [-0.25, -0.2) is 4.98 Å². The first-order chi connectivity index (χ1) is 15.9. The van der Waals surface area contributed by atoms with Crippen LogP contribution in [-0.2, 0) is 16.6 Å². The fraction of sp³-hybridized carbons (Fsp3) is 0.519. The molecule has 0 bridgehead atoms. The minimum absolute atomic E-state index is 0.0431. The first kappa shape index (κ1) is 23.4. The van der Waals surface area contributed by atoms with Gasteiger partial charge in [0.15, 0.2) is 5.82 Å². The molecule has 174 valence electrons. The zero-order chi connectivity index (χ0) is 23.5. The quantitative estimate of drug-likeness (QED) is 0.608. The lowest BCUT2D eigenvalue weighted by molar-refractivity contribution is 0.0505. The smallest absolute Gasteiger partial charge is 0.202 e. The average molecular weight is 447 g/mol. The summed E-state index contributed by atoms with van der Waals surface area (Å²) in [6, 6.07) is 8.66. The highest BCUT2D eigenvalue weighted by Gasteiger charge is 2.35. The van der Waals surface area contributed by atoms with Crippen LogP contribution in [0, 0.1) is 16.7 Å². The largest absolute Gasteiger partial charge is 0.381 e. The Balaban J connectivity index is 1.72. The standard InChI is InChI=1S/C27H34N4O2/c1-26(2)8-6-19(7-9-26)23-15-21(27(18-29-3)10-12-33-13-11-27)5-4-20(23)14-24(32)25-30-17-22(16-28)31-25/h4-6,15,17,29H,7-14,18H2,1-3H3,(H,30,31). The Morgan fingerprint density at radius 2 is 2.06 bits per heavy atom. The van der Waals surface area contributed by atoms with Gasteiger partial charge in [-0.2, -0.15) is 5.26 Å². The number of carbonyl (C=O) groups excluding carboxylic acids is 1. The third-order valence-electron chi connectivity index (χ3n) is 7.32. The molecule has 0 saturated carbocycles. The van der Waals surface area contributed by atoms with Crippen LogP contribution >= 0.6 is 0 Å². The van der Waals surface area contributed by atoms with Gasteiger partial charge in [0.25, 0.3) is 0 Å². The molecule has 1 aliphatic carbocycles. The second-order valence-corrected chi connectivity index (χ2v) is 10.2. The van der Waals surface area contributed by atoms with E-state index in [1.54, 1.807) is 0 Å². The predicted octanol–water partition coefficient (Wildman–Crippen LogP) is 4.57. The Morgan fingerprint density at radius 3 is 2.70 bits per heavy atom. The minimum atomic E-state index is -0.0988. The molecule has 0 atom stereocenters. The van der Waals surface area contributed by atoms with Gasteiger partial charge in [0.05, 0.1) is 6.20 Å². The number of nitriles is 1. The molecular weight excluding hydrogens is 412 g/mol. The molecular formula is C27H34N4O2. The SMILES string of the molecule is CNCC1(c2ccc(CC(=O)c3ncc(C#N)[nH]3)c(C3=CCC(C)(C)CC3)c2)CCOCC1. The maximum atomic E-state index is 13.0. The van der Waals surface area contributed by atoms with Crippen LogP contribution in [0.1, 0.15) is 79.0 Å². The number of aromatic nitrogens is 2. The minimum Gasteiger partial charge on any atom is -0.381 e. The maximum Gasteiger partial charge on any atom is 0.202 e. The summed E-state index contributed by atoms with van der Waals surface area (Å²) < 4.78 is 5.68. The number of likely N-dealkylation sites (N-methyl/N-ethyl adjacent to an activating group) is 1. The first-order valence-corrected chi connectivity index (χ1v) is 11.9. The Bertz CT molecular complexity index is 1080. The Hall–Kier alpha value is -2.75. The number of benzene rings is 1. The van der Waals surface area contributed by atoms with Gasteiger partial charge in [-0.05, 0) is 66.8 Å². The number of aromatic amines is 1. The van der Waals surface area contributed by atoms with E-state index in [1.165, 1.54) is 22.9 Å². The van der Waals surface area contributed by atoms with Crippen molar-refractivity contribution in [3.8, 4) is 6.07 Å². The lowest BCUT2D eigenvalue weighted by Gasteiger charge is -2.38. The van der Waals surface area contributed by atoms with Gasteiger partial charge in [0.1, 0.15) is 11.8 Å². The number of imidazole rings is 1. The second kappa shape index (κ2) is 9.62. The third-order valence-corrected chi connectivity index (χ3v) is 7.32. The van der Waals surface area contributed by atoms with Gasteiger partial charge >= 0.3 is 0 Å². The van der Waals surface area contributed by atoms with Crippen molar-refractivity contribution in [3.05, 3.63) is 58.7 Å². The number of Topliss-reactive ketones (excluding diaryl/α,β-unsaturated/α-hetero) is 1. The molecule has 0 unspecified atom stereocenters. The van der Waals surface area contributed by atoms with Crippen molar-refractivity contribution in [1.82, 2.24) is 15.3 Å². The van der Waals surface area contributed by atoms with E-state index < -0.39 is 0 Å². The van der Waals surface area contributed by atoms with E-state index in [2.05, 4.69) is 53.4 Å². The molecule has 2 heterocycles. The molecule has 1 fully saturated rings. The molecule has 2 aliphatic rings. The van der Waals surface area contributed by atoms with E-state index >= 15 is 0 Å². The molecule has 33 heavy (non-hydrogen) atoms. The zero-order valence-electron chi connectivity index (χ0n) is 20.0. The van der Waals surface area contributed by atoms with Crippen molar-refractivity contribution in [1.29, 1.82) is 5.26 Å². The molecule has 4 rings (SSSR count). The first-order valence-electron chi connectivity index (χ1n) is 11.9. The molecule has 6 nitrogen and oxygen atoms in total. The normalized spacial score (nSPS) is 19.5. The topological polar surface area (TPSA) is 90.8 Å². The number of rotatable bonds is 7. The molecule has 0 amide bonds. The third kappa shape index (κ3) is 5.10. The number of hydrogen-bond donors (Lipinski definition) is 2. The highest BCUT2D eigenvalue weighted by molar-refractivity contribution is 5.95. The van der Waals surface area contributed by atoms with Crippen LogP contribution < -0.4 is 5.32 Å². The molecule has 1 aromatic heterocycles.